The van der Waals surface area contributed by atoms with Crippen LogP contribution in [0.1, 0.15) is 30.6 Å². The molecule has 3 heteroatoms. The number of rotatable bonds is 7. The van der Waals surface area contributed by atoms with Crippen molar-refractivity contribution in [2.75, 3.05) is 6.54 Å². The Kier molecular flexibility index (Phi) is 5.78. The number of aryl methyl sites for hydroxylation is 1. The van der Waals surface area contributed by atoms with Gasteiger partial charge in [0, 0.05) is 12.6 Å². The lowest BCUT2D eigenvalue weighted by atomic mass is 10.1. The zero-order valence-electron chi connectivity index (χ0n) is 12.4. The third kappa shape index (κ3) is 5.21. The maximum absolute atomic E-state index is 10.1. The van der Waals surface area contributed by atoms with Crippen LogP contribution >= 0.6 is 0 Å². The minimum atomic E-state index is -0.470. The summed E-state index contributed by atoms with van der Waals surface area (Å²) in [6.07, 6.45) is 1.48. The van der Waals surface area contributed by atoms with E-state index >= 15 is 0 Å². The van der Waals surface area contributed by atoms with Crippen molar-refractivity contribution < 1.29 is 10.2 Å². The molecule has 3 N–H and O–H groups in total. The van der Waals surface area contributed by atoms with Crippen molar-refractivity contribution in [3.63, 3.8) is 0 Å². The van der Waals surface area contributed by atoms with E-state index in [2.05, 4.69) is 12.2 Å². The zero-order chi connectivity index (χ0) is 15.1. The number of aliphatic hydroxyl groups is 1. The van der Waals surface area contributed by atoms with Crippen LogP contribution in [0.15, 0.2) is 54.6 Å². The van der Waals surface area contributed by atoms with Crippen molar-refractivity contribution in [1.29, 1.82) is 0 Å². The highest BCUT2D eigenvalue weighted by Gasteiger charge is 2.09. The number of hydrogen-bond donors (Lipinski definition) is 3. The smallest absolute Gasteiger partial charge is 0.115 e. The van der Waals surface area contributed by atoms with E-state index in [1.165, 1.54) is 5.56 Å². The van der Waals surface area contributed by atoms with E-state index in [1.807, 2.05) is 42.5 Å². The predicted octanol–water partition coefficient (Wildman–Crippen LogP) is 3.04. The summed E-state index contributed by atoms with van der Waals surface area (Å²) in [5, 5.41) is 22.7. The second-order valence-corrected chi connectivity index (χ2v) is 5.44. The summed E-state index contributed by atoms with van der Waals surface area (Å²) in [4.78, 5) is 0. The van der Waals surface area contributed by atoms with Gasteiger partial charge >= 0.3 is 0 Å². The minimum Gasteiger partial charge on any atom is -0.508 e. The van der Waals surface area contributed by atoms with E-state index < -0.39 is 6.10 Å². The van der Waals surface area contributed by atoms with Crippen LogP contribution in [-0.4, -0.2) is 22.8 Å². The first kappa shape index (κ1) is 15.5. The second kappa shape index (κ2) is 7.81. The molecule has 0 radical (unpaired) electrons. The second-order valence-electron chi connectivity index (χ2n) is 5.44. The molecule has 0 unspecified atom stereocenters. The van der Waals surface area contributed by atoms with Gasteiger partial charge in [-0.3, -0.25) is 0 Å². The summed E-state index contributed by atoms with van der Waals surface area (Å²) in [7, 11) is 0. The Labute approximate surface area is 126 Å². The molecule has 0 aliphatic carbocycles. The van der Waals surface area contributed by atoms with Crippen molar-refractivity contribution in [3.8, 4) is 5.75 Å². The summed E-state index contributed by atoms with van der Waals surface area (Å²) >= 11 is 0. The SMILES string of the molecule is C[C@H](CCc1ccc(O)cc1)NC[C@@H](O)c1ccccc1. The largest absolute Gasteiger partial charge is 0.508 e. The molecular formula is C18H23NO2. The van der Waals surface area contributed by atoms with E-state index in [0.29, 0.717) is 18.3 Å². The number of aromatic hydroxyl groups is 1. The molecule has 0 heterocycles. The van der Waals surface area contributed by atoms with E-state index in [4.69, 9.17) is 0 Å². The molecule has 2 aromatic carbocycles. The van der Waals surface area contributed by atoms with Gasteiger partial charge in [-0.2, -0.15) is 0 Å². The van der Waals surface area contributed by atoms with Crippen LogP contribution in [-0.2, 0) is 6.42 Å². The standard InChI is InChI=1S/C18H23NO2/c1-14(7-8-15-9-11-17(20)12-10-15)19-13-18(21)16-5-3-2-4-6-16/h2-6,9-12,14,18-21H,7-8,13H2,1H3/t14-,18-/m1/s1. The number of benzene rings is 2. The van der Waals surface area contributed by atoms with E-state index in [1.54, 1.807) is 12.1 Å². The summed E-state index contributed by atoms with van der Waals surface area (Å²) in [5.41, 5.74) is 2.15. The Morgan fingerprint density at radius 2 is 1.67 bits per heavy atom. The molecule has 0 fully saturated rings. The Balaban J connectivity index is 1.72. The number of aliphatic hydroxyl groups excluding tert-OH is 1. The fraction of sp³-hybridized carbons (Fsp3) is 0.333. The first-order valence-electron chi connectivity index (χ1n) is 7.39. The Morgan fingerprint density at radius 1 is 1.00 bits per heavy atom. The van der Waals surface area contributed by atoms with Gasteiger partial charge in [0.15, 0.2) is 0 Å². The van der Waals surface area contributed by atoms with E-state index in [9.17, 15) is 10.2 Å². The van der Waals surface area contributed by atoms with Crippen LogP contribution in [0.5, 0.6) is 5.75 Å². The first-order valence-corrected chi connectivity index (χ1v) is 7.39. The fourth-order valence-electron chi connectivity index (χ4n) is 2.25. The van der Waals surface area contributed by atoms with Gasteiger partial charge in [-0.1, -0.05) is 42.5 Å². The summed E-state index contributed by atoms with van der Waals surface area (Å²) in [6, 6.07) is 17.3. The molecule has 2 rings (SSSR count). The van der Waals surface area contributed by atoms with Crippen molar-refractivity contribution in [3.05, 3.63) is 65.7 Å². The third-order valence-electron chi connectivity index (χ3n) is 3.65. The molecule has 2 atom stereocenters. The topological polar surface area (TPSA) is 52.5 Å². The van der Waals surface area contributed by atoms with Crippen molar-refractivity contribution in [1.82, 2.24) is 5.32 Å². The maximum atomic E-state index is 10.1. The van der Waals surface area contributed by atoms with Gasteiger partial charge in [0.2, 0.25) is 0 Å². The van der Waals surface area contributed by atoms with Crippen LogP contribution in [0.2, 0.25) is 0 Å². The number of phenols is 1. The van der Waals surface area contributed by atoms with Gasteiger partial charge in [-0.15, -0.1) is 0 Å². The average Bonchev–Trinajstić information content (AvgIpc) is 2.53. The van der Waals surface area contributed by atoms with Crippen LogP contribution in [0.25, 0.3) is 0 Å². The Bertz CT molecular complexity index is 525. The Hall–Kier alpha value is -1.84. The molecule has 112 valence electrons. The zero-order valence-corrected chi connectivity index (χ0v) is 12.4. The van der Waals surface area contributed by atoms with Crippen LogP contribution < -0.4 is 5.32 Å². The van der Waals surface area contributed by atoms with Gasteiger partial charge in [0.05, 0.1) is 6.10 Å². The molecule has 0 aromatic heterocycles. The molecule has 0 aliphatic heterocycles. The van der Waals surface area contributed by atoms with Crippen LogP contribution in [0.4, 0.5) is 0 Å². The number of nitrogens with one attached hydrogen (secondary N) is 1. The van der Waals surface area contributed by atoms with Crippen molar-refractivity contribution >= 4 is 0 Å². The van der Waals surface area contributed by atoms with Gasteiger partial charge in [-0.25, -0.2) is 0 Å². The Morgan fingerprint density at radius 3 is 2.33 bits per heavy atom. The molecule has 21 heavy (non-hydrogen) atoms. The number of phenolic OH excluding ortho intramolecular Hbond substituents is 1. The molecule has 2 aromatic rings. The maximum Gasteiger partial charge on any atom is 0.115 e. The molecule has 0 bridgehead atoms. The summed E-state index contributed by atoms with van der Waals surface area (Å²) in [5.74, 6) is 0.302. The lowest BCUT2D eigenvalue weighted by Crippen LogP contribution is -2.30. The monoisotopic (exact) mass is 285 g/mol. The fourth-order valence-corrected chi connectivity index (χ4v) is 2.25. The third-order valence-corrected chi connectivity index (χ3v) is 3.65. The normalized spacial score (nSPS) is 13.8. The van der Waals surface area contributed by atoms with Crippen molar-refractivity contribution in [2.24, 2.45) is 0 Å². The first-order chi connectivity index (χ1) is 10.1. The molecular weight excluding hydrogens is 262 g/mol. The minimum absolute atomic E-state index is 0.302. The molecule has 3 nitrogen and oxygen atoms in total. The lowest BCUT2D eigenvalue weighted by Gasteiger charge is -2.17. The highest BCUT2D eigenvalue weighted by molar-refractivity contribution is 5.26. The van der Waals surface area contributed by atoms with Gasteiger partial charge in [0.1, 0.15) is 5.75 Å². The number of hydrogen-bond acceptors (Lipinski definition) is 3. The van der Waals surface area contributed by atoms with Gasteiger partial charge < -0.3 is 15.5 Å². The highest BCUT2D eigenvalue weighted by atomic mass is 16.3. The van der Waals surface area contributed by atoms with Crippen molar-refractivity contribution in [2.45, 2.75) is 31.9 Å². The van der Waals surface area contributed by atoms with Crippen LogP contribution in [0, 0.1) is 0 Å². The summed E-state index contributed by atoms with van der Waals surface area (Å²) < 4.78 is 0. The van der Waals surface area contributed by atoms with Gasteiger partial charge in [0.25, 0.3) is 0 Å². The predicted molar refractivity (Wildman–Crippen MR) is 85.3 cm³/mol. The van der Waals surface area contributed by atoms with E-state index in [-0.39, 0.29) is 0 Å². The molecule has 0 saturated heterocycles. The lowest BCUT2D eigenvalue weighted by molar-refractivity contribution is 0.170. The molecule has 0 spiro atoms. The van der Waals surface area contributed by atoms with Gasteiger partial charge in [-0.05, 0) is 43.0 Å². The average molecular weight is 285 g/mol. The van der Waals surface area contributed by atoms with Crippen LogP contribution in [0.3, 0.4) is 0 Å². The molecule has 0 amide bonds. The molecule has 0 saturated carbocycles. The quantitative estimate of drug-likeness (QED) is 0.733. The molecule has 0 aliphatic rings. The summed E-state index contributed by atoms with van der Waals surface area (Å²) in [6.45, 7) is 2.68. The highest BCUT2D eigenvalue weighted by Crippen LogP contribution is 2.13. The van der Waals surface area contributed by atoms with E-state index in [0.717, 1.165) is 18.4 Å².